The van der Waals surface area contributed by atoms with Gasteiger partial charge in [0, 0.05) is 24.5 Å². The van der Waals surface area contributed by atoms with Gasteiger partial charge >= 0.3 is 0 Å². The van der Waals surface area contributed by atoms with Gasteiger partial charge in [0.05, 0.1) is 5.52 Å². The Morgan fingerprint density at radius 1 is 1.07 bits per heavy atom. The van der Waals surface area contributed by atoms with E-state index in [1.165, 1.54) is 6.33 Å². The molecule has 154 valence electrons. The van der Waals surface area contributed by atoms with E-state index in [-0.39, 0.29) is 0 Å². The number of unbranched alkanes of at least 4 members (excludes halogenated alkanes) is 1. The maximum Gasteiger partial charge on any atom is 0.274 e. The van der Waals surface area contributed by atoms with E-state index in [1.54, 1.807) is 0 Å². The van der Waals surface area contributed by atoms with Crippen molar-refractivity contribution in [1.82, 2.24) is 14.7 Å². The van der Waals surface area contributed by atoms with Crippen LogP contribution < -0.4 is 19.9 Å². The molecule has 0 spiro atoms. The van der Waals surface area contributed by atoms with Crippen LogP contribution in [0.2, 0.25) is 0 Å². The van der Waals surface area contributed by atoms with E-state index in [0.29, 0.717) is 26.1 Å². The molecule has 0 radical (unpaired) electrons. The van der Waals surface area contributed by atoms with Gasteiger partial charge in [-0.15, -0.1) is 0 Å². The van der Waals surface area contributed by atoms with Gasteiger partial charge < -0.3 is 10.1 Å². The van der Waals surface area contributed by atoms with Gasteiger partial charge in [0.2, 0.25) is 0 Å². The third-order valence-corrected chi connectivity index (χ3v) is 4.97. The summed E-state index contributed by atoms with van der Waals surface area (Å²) in [4.78, 5) is 8.70. The van der Waals surface area contributed by atoms with Crippen LogP contribution >= 0.6 is 0 Å². The molecular weight excluding hydrogens is 390 g/mol. The van der Waals surface area contributed by atoms with Crippen LogP contribution in [0.25, 0.3) is 10.9 Å². The number of ether oxygens (including phenoxy) is 1. The van der Waals surface area contributed by atoms with Crippen LogP contribution in [0.3, 0.4) is 0 Å². The van der Waals surface area contributed by atoms with Crippen molar-refractivity contribution in [3.8, 4) is 5.75 Å². The molecule has 0 atom stereocenters. The Bertz CT molecular complexity index is 1060. The van der Waals surface area contributed by atoms with Crippen LogP contribution in [0.1, 0.15) is 24.0 Å². The minimum Gasteiger partial charge on any atom is -0.489 e. The number of anilines is 1. The lowest BCUT2D eigenvalue weighted by Crippen LogP contribution is -2.31. The number of nitrogens with one attached hydrogen (secondary N) is 2. The predicted molar refractivity (Wildman–Crippen MR) is 114 cm³/mol. The fourth-order valence-electron chi connectivity index (χ4n) is 2.90. The largest absolute Gasteiger partial charge is 0.489 e. The number of rotatable bonds is 10. The molecule has 1 aromatic heterocycles. The van der Waals surface area contributed by atoms with Crippen LogP contribution in [-0.4, -0.2) is 31.5 Å². The number of nitrogens with zero attached hydrogens (tertiary/aromatic N) is 2. The average Bonchev–Trinajstić information content (AvgIpc) is 2.69. The Morgan fingerprint density at radius 3 is 2.59 bits per heavy atom. The Kier molecular flexibility index (Phi) is 6.97. The molecule has 2 aromatic carbocycles. The van der Waals surface area contributed by atoms with Gasteiger partial charge in [0.15, 0.2) is 0 Å². The van der Waals surface area contributed by atoms with E-state index >= 15 is 0 Å². The van der Waals surface area contributed by atoms with Crippen LogP contribution in [-0.2, 0) is 16.8 Å². The Balaban J connectivity index is 1.62. The molecule has 0 bridgehead atoms. The third-order valence-electron chi connectivity index (χ3n) is 4.37. The van der Waals surface area contributed by atoms with E-state index in [4.69, 9.17) is 9.88 Å². The number of fused-ring (bicyclic) bond motifs is 1. The molecule has 0 aliphatic rings. The van der Waals surface area contributed by atoms with Crippen molar-refractivity contribution in [3.05, 3.63) is 59.9 Å². The van der Waals surface area contributed by atoms with Crippen LogP contribution in [0, 0.1) is 6.92 Å². The first kappa shape index (κ1) is 21.0. The van der Waals surface area contributed by atoms with Gasteiger partial charge in [-0.25, -0.2) is 19.8 Å². The molecule has 0 saturated carbocycles. The van der Waals surface area contributed by atoms with Gasteiger partial charge in [-0.1, -0.05) is 30.3 Å². The van der Waals surface area contributed by atoms with Gasteiger partial charge in [-0.05, 0) is 37.0 Å². The third kappa shape index (κ3) is 6.38. The molecule has 1 heterocycles. The lowest BCUT2D eigenvalue weighted by molar-refractivity contribution is 0.304. The topological polar surface area (TPSA) is 119 Å². The van der Waals surface area contributed by atoms with Crippen molar-refractivity contribution >= 4 is 26.9 Å². The molecule has 3 rings (SSSR count). The first-order valence-corrected chi connectivity index (χ1v) is 10.9. The summed E-state index contributed by atoms with van der Waals surface area (Å²) in [5.41, 5.74) is 2.91. The first-order chi connectivity index (χ1) is 13.9. The Labute approximate surface area is 170 Å². The summed E-state index contributed by atoms with van der Waals surface area (Å²) in [6.45, 7) is 3.46. The zero-order chi connectivity index (χ0) is 20.7. The normalized spacial score (nSPS) is 11.5. The number of hydrogen-bond acceptors (Lipinski definition) is 6. The molecule has 0 aliphatic carbocycles. The molecule has 8 nitrogen and oxygen atoms in total. The molecule has 3 aromatic rings. The maximum atomic E-state index is 10.8. The van der Waals surface area contributed by atoms with E-state index in [9.17, 15) is 8.42 Å². The van der Waals surface area contributed by atoms with Crippen molar-refractivity contribution in [3.63, 3.8) is 0 Å². The molecule has 29 heavy (non-hydrogen) atoms. The second-order valence-electron chi connectivity index (χ2n) is 6.70. The highest BCUT2D eigenvalue weighted by Crippen LogP contribution is 2.28. The highest BCUT2D eigenvalue weighted by molar-refractivity contribution is 7.87. The Morgan fingerprint density at radius 2 is 1.83 bits per heavy atom. The number of nitrogens with two attached hydrogens (primary N) is 1. The van der Waals surface area contributed by atoms with E-state index in [0.717, 1.165) is 40.0 Å². The number of benzene rings is 2. The van der Waals surface area contributed by atoms with Crippen molar-refractivity contribution in [2.45, 2.75) is 26.4 Å². The highest BCUT2D eigenvalue weighted by Gasteiger charge is 2.09. The summed E-state index contributed by atoms with van der Waals surface area (Å²) < 4.78 is 29.9. The van der Waals surface area contributed by atoms with Gasteiger partial charge in [0.25, 0.3) is 10.2 Å². The summed E-state index contributed by atoms with van der Waals surface area (Å²) in [5, 5.41) is 9.11. The number of aromatic nitrogens is 2. The molecular formula is C20H25N5O3S. The lowest BCUT2D eigenvalue weighted by atomic mass is 10.1. The van der Waals surface area contributed by atoms with Crippen molar-refractivity contribution in [2.24, 2.45) is 5.14 Å². The minimum atomic E-state index is -3.63. The molecule has 0 aliphatic heterocycles. The second kappa shape index (κ2) is 9.64. The fourth-order valence-corrected chi connectivity index (χ4v) is 3.32. The van der Waals surface area contributed by atoms with Crippen LogP contribution in [0.5, 0.6) is 5.75 Å². The predicted octanol–water partition coefficient (Wildman–Crippen LogP) is 2.50. The zero-order valence-electron chi connectivity index (χ0n) is 16.3. The molecule has 0 fully saturated rings. The van der Waals surface area contributed by atoms with Gasteiger partial charge in [0.1, 0.15) is 24.5 Å². The lowest BCUT2D eigenvalue weighted by Gasteiger charge is -2.13. The smallest absolute Gasteiger partial charge is 0.274 e. The second-order valence-corrected chi connectivity index (χ2v) is 8.08. The van der Waals surface area contributed by atoms with Crippen LogP contribution in [0.4, 0.5) is 5.82 Å². The molecule has 9 heteroatoms. The van der Waals surface area contributed by atoms with Crippen molar-refractivity contribution < 1.29 is 13.2 Å². The number of hydrogen-bond donors (Lipinski definition) is 3. The van der Waals surface area contributed by atoms with Gasteiger partial charge in [-0.3, -0.25) is 0 Å². The summed E-state index contributed by atoms with van der Waals surface area (Å²) in [5.74, 6) is 1.53. The van der Waals surface area contributed by atoms with Gasteiger partial charge in [-0.2, -0.15) is 8.42 Å². The summed E-state index contributed by atoms with van der Waals surface area (Å²) in [6, 6.07) is 14.0. The molecule has 0 amide bonds. The van der Waals surface area contributed by atoms with Crippen molar-refractivity contribution in [1.29, 1.82) is 0 Å². The average molecular weight is 416 g/mol. The summed E-state index contributed by atoms with van der Waals surface area (Å²) in [6.07, 6.45) is 2.96. The minimum absolute atomic E-state index is 0.312. The molecule has 0 unspecified atom stereocenters. The zero-order valence-corrected chi connectivity index (χ0v) is 17.1. The Hall–Kier alpha value is -2.75. The highest BCUT2D eigenvalue weighted by atomic mass is 32.2. The standard InChI is InChI=1S/C20H25N5O3S/c1-15-11-17-18(12-19(15)28-13-16-7-3-2-4-8-16)23-14-24-20(17)22-9-5-6-10-25-29(21,26)27/h2-4,7-8,11-12,14,25H,5-6,9-10,13H2,1H3,(H2,21,26,27)(H,22,23,24). The summed E-state index contributed by atoms with van der Waals surface area (Å²) in [7, 11) is -3.63. The molecule has 4 N–H and O–H groups in total. The quantitative estimate of drug-likeness (QED) is 0.438. The fraction of sp³-hybridized carbons (Fsp3) is 0.300. The van der Waals surface area contributed by atoms with Crippen molar-refractivity contribution in [2.75, 3.05) is 18.4 Å². The maximum absolute atomic E-state index is 10.8. The van der Waals surface area contributed by atoms with E-state index in [1.807, 2.05) is 49.4 Å². The molecule has 0 saturated heterocycles. The van der Waals surface area contributed by atoms with E-state index in [2.05, 4.69) is 20.0 Å². The first-order valence-electron chi connectivity index (χ1n) is 9.36. The SMILES string of the molecule is Cc1cc2c(NCCCCNS(N)(=O)=O)ncnc2cc1OCc1ccccc1. The monoisotopic (exact) mass is 415 g/mol. The van der Waals surface area contributed by atoms with Crippen LogP contribution in [0.15, 0.2) is 48.8 Å². The van der Waals surface area contributed by atoms with E-state index < -0.39 is 10.2 Å². The number of aryl methyl sites for hydroxylation is 1. The summed E-state index contributed by atoms with van der Waals surface area (Å²) >= 11 is 0.